The molecule has 0 unspecified atom stereocenters. The lowest BCUT2D eigenvalue weighted by atomic mass is 9.92. The van der Waals surface area contributed by atoms with E-state index in [-0.39, 0.29) is 17.9 Å². The van der Waals surface area contributed by atoms with Crippen LogP contribution in [-0.2, 0) is 0 Å². The molecule has 20 heavy (non-hydrogen) atoms. The molecule has 0 atom stereocenters. The predicted molar refractivity (Wildman–Crippen MR) is 68.4 cm³/mol. The first-order chi connectivity index (χ1) is 9.47. The van der Waals surface area contributed by atoms with Crippen LogP contribution >= 0.6 is 0 Å². The third-order valence-electron chi connectivity index (χ3n) is 3.60. The molecule has 1 aliphatic carbocycles. The van der Waals surface area contributed by atoms with Gasteiger partial charge in [0.15, 0.2) is 11.6 Å². The summed E-state index contributed by atoms with van der Waals surface area (Å²) in [6, 6.07) is 2.95. The van der Waals surface area contributed by atoms with Crippen LogP contribution in [0, 0.1) is 11.6 Å². The van der Waals surface area contributed by atoms with E-state index in [1.165, 1.54) is 11.0 Å². The van der Waals surface area contributed by atoms with Crippen molar-refractivity contribution in [3.05, 3.63) is 29.8 Å². The zero-order valence-corrected chi connectivity index (χ0v) is 11.2. The zero-order valence-electron chi connectivity index (χ0n) is 11.2. The fourth-order valence-corrected chi connectivity index (χ4v) is 2.31. The normalized spacial score (nSPS) is 22.4. The third-order valence-corrected chi connectivity index (χ3v) is 3.60. The number of hydrogen-bond donors (Lipinski definition) is 1. The van der Waals surface area contributed by atoms with E-state index in [4.69, 9.17) is 4.74 Å². The summed E-state index contributed by atoms with van der Waals surface area (Å²) in [5.74, 6) is -2.07. The molecule has 0 aliphatic heterocycles. The summed E-state index contributed by atoms with van der Waals surface area (Å²) in [6.07, 6.45) is 1.77. The van der Waals surface area contributed by atoms with E-state index in [0.29, 0.717) is 25.7 Å². The molecule has 2 rings (SSSR count). The second-order valence-corrected chi connectivity index (χ2v) is 5.02. The Kier molecular flexibility index (Phi) is 4.54. The Bertz CT molecular complexity index is 487. The van der Waals surface area contributed by atoms with Crippen molar-refractivity contribution in [1.29, 1.82) is 0 Å². The van der Waals surface area contributed by atoms with Crippen molar-refractivity contribution in [2.45, 2.75) is 37.8 Å². The van der Waals surface area contributed by atoms with Gasteiger partial charge in [0.25, 0.3) is 0 Å². The summed E-state index contributed by atoms with van der Waals surface area (Å²) in [7, 11) is 1.60. The second-order valence-electron chi connectivity index (χ2n) is 5.02. The minimum atomic E-state index is -1.06. The first kappa shape index (κ1) is 14.7. The molecule has 1 saturated carbocycles. The van der Waals surface area contributed by atoms with Gasteiger partial charge in [-0.25, -0.2) is 13.6 Å². The molecule has 1 aromatic rings. The Balaban J connectivity index is 1.95. The van der Waals surface area contributed by atoms with Crippen molar-refractivity contribution in [3.63, 3.8) is 0 Å². The van der Waals surface area contributed by atoms with Gasteiger partial charge in [-0.2, -0.15) is 0 Å². The summed E-state index contributed by atoms with van der Waals surface area (Å²) >= 11 is 0. The lowest BCUT2D eigenvalue weighted by molar-refractivity contribution is 0.0810. The Morgan fingerprint density at radius 3 is 2.50 bits per heavy atom. The molecule has 1 N–H and O–H groups in total. The molecule has 1 amide bonds. The molecule has 4 nitrogen and oxygen atoms in total. The standard InChI is InChI=1S/C14H17F2NO3/c1-17(9-2-4-10(18)5-3-9)14(19)20-11-6-7-12(15)13(16)8-11/h6-10,18H,2-5H2,1H3. The molecule has 1 aromatic carbocycles. The van der Waals surface area contributed by atoms with Crippen LogP contribution in [0.1, 0.15) is 25.7 Å². The molecule has 0 radical (unpaired) electrons. The number of rotatable bonds is 2. The van der Waals surface area contributed by atoms with Crippen molar-refractivity contribution >= 4 is 6.09 Å². The molecule has 0 bridgehead atoms. The topological polar surface area (TPSA) is 49.8 Å². The number of halogens is 2. The number of aliphatic hydroxyl groups is 1. The van der Waals surface area contributed by atoms with Gasteiger partial charge in [0.2, 0.25) is 0 Å². The van der Waals surface area contributed by atoms with Crippen LogP contribution in [0.15, 0.2) is 18.2 Å². The van der Waals surface area contributed by atoms with E-state index in [1.54, 1.807) is 7.05 Å². The molecule has 110 valence electrons. The maximum Gasteiger partial charge on any atom is 0.415 e. The monoisotopic (exact) mass is 285 g/mol. The lowest BCUT2D eigenvalue weighted by Crippen LogP contribution is -2.41. The number of nitrogens with zero attached hydrogens (tertiary/aromatic N) is 1. The van der Waals surface area contributed by atoms with Gasteiger partial charge in [0.1, 0.15) is 5.75 Å². The highest BCUT2D eigenvalue weighted by atomic mass is 19.2. The van der Waals surface area contributed by atoms with Gasteiger partial charge in [-0.3, -0.25) is 0 Å². The molecular formula is C14H17F2NO3. The Morgan fingerprint density at radius 2 is 1.90 bits per heavy atom. The van der Waals surface area contributed by atoms with E-state index in [0.717, 1.165) is 12.1 Å². The number of amides is 1. The maximum absolute atomic E-state index is 13.0. The molecule has 0 aromatic heterocycles. The number of carbonyl (C=O) groups is 1. The Labute approximate surface area is 116 Å². The highest BCUT2D eigenvalue weighted by Crippen LogP contribution is 2.23. The van der Waals surface area contributed by atoms with Gasteiger partial charge in [0.05, 0.1) is 6.10 Å². The molecular weight excluding hydrogens is 268 g/mol. The largest absolute Gasteiger partial charge is 0.415 e. The average Bonchev–Trinajstić information content (AvgIpc) is 2.43. The molecule has 0 spiro atoms. The smallest absolute Gasteiger partial charge is 0.410 e. The van der Waals surface area contributed by atoms with E-state index in [9.17, 15) is 18.7 Å². The first-order valence-corrected chi connectivity index (χ1v) is 6.55. The van der Waals surface area contributed by atoms with Crippen molar-refractivity contribution in [1.82, 2.24) is 4.90 Å². The van der Waals surface area contributed by atoms with Gasteiger partial charge in [-0.05, 0) is 37.8 Å². The zero-order chi connectivity index (χ0) is 14.7. The van der Waals surface area contributed by atoms with E-state index >= 15 is 0 Å². The maximum atomic E-state index is 13.0. The SMILES string of the molecule is CN(C(=O)Oc1ccc(F)c(F)c1)C1CCC(O)CC1. The number of ether oxygens (including phenoxy) is 1. The summed E-state index contributed by atoms with van der Waals surface area (Å²) in [5, 5.41) is 9.43. The van der Waals surface area contributed by atoms with E-state index in [2.05, 4.69) is 0 Å². The number of aliphatic hydroxyl groups excluding tert-OH is 1. The third kappa shape index (κ3) is 3.45. The van der Waals surface area contributed by atoms with Crippen LogP contribution in [0.2, 0.25) is 0 Å². The minimum Gasteiger partial charge on any atom is -0.410 e. The van der Waals surface area contributed by atoms with Crippen LogP contribution in [0.5, 0.6) is 5.75 Å². The lowest BCUT2D eigenvalue weighted by Gasteiger charge is -2.32. The molecule has 1 aliphatic rings. The summed E-state index contributed by atoms with van der Waals surface area (Å²) in [6.45, 7) is 0. The van der Waals surface area contributed by atoms with Crippen LogP contribution < -0.4 is 4.74 Å². The van der Waals surface area contributed by atoms with Gasteiger partial charge in [-0.1, -0.05) is 0 Å². The molecule has 0 saturated heterocycles. The second kappa shape index (κ2) is 6.17. The quantitative estimate of drug-likeness (QED) is 0.909. The van der Waals surface area contributed by atoms with Crippen LogP contribution in [0.25, 0.3) is 0 Å². The van der Waals surface area contributed by atoms with Gasteiger partial charge in [-0.15, -0.1) is 0 Å². The summed E-state index contributed by atoms with van der Waals surface area (Å²) in [4.78, 5) is 13.4. The highest BCUT2D eigenvalue weighted by Gasteiger charge is 2.26. The number of benzene rings is 1. The van der Waals surface area contributed by atoms with E-state index in [1.807, 2.05) is 0 Å². The number of carbonyl (C=O) groups excluding carboxylic acids is 1. The minimum absolute atomic E-state index is 0.00352. The Morgan fingerprint density at radius 1 is 1.25 bits per heavy atom. The summed E-state index contributed by atoms with van der Waals surface area (Å²) in [5.41, 5.74) is 0. The average molecular weight is 285 g/mol. The molecule has 0 heterocycles. The number of hydrogen-bond acceptors (Lipinski definition) is 3. The first-order valence-electron chi connectivity index (χ1n) is 6.55. The highest BCUT2D eigenvalue weighted by molar-refractivity contribution is 5.70. The summed E-state index contributed by atoms with van der Waals surface area (Å²) < 4.78 is 30.8. The molecule has 1 fully saturated rings. The van der Waals surface area contributed by atoms with Gasteiger partial charge >= 0.3 is 6.09 Å². The van der Waals surface area contributed by atoms with E-state index < -0.39 is 17.7 Å². The predicted octanol–water partition coefficient (Wildman–Crippen LogP) is 2.70. The van der Waals surface area contributed by atoms with Gasteiger partial charge in [0, 0.05) is 19.2 Å². The van der Waals surface area contributed by atoms with Crippen LogP contribution in [-0.4, -0.2) is 35.3 Å². The van der Waals surface area contributed by atoms with Crippen LogP contribution in [0.3, 0.4) is 0 Å². The fraction of sp³-hybridized carbons (Fsp3) is 0.500. The van der Waals surface area contributed by atoms with Crippen molar-refractivity contribution in [2.75, 3.05) is 7.05 Å². The fourth-order valence-electron chi connectivity index (χ4n) is 2.31. The molecule has 6 heteroatoms. The van der Waals surface area contributed by atoms with Gasteiger partial charge < -0.3 is 14.7 Å². The van der Waals surface area contributed by atoms with Crippen molar-refractivity contribution in [3.8, 4) is 5.75 Å². The van der Waals surface area contributed by atoms with Crippen molar-refractivity contribution < 1.29 is 23.4 Å². The Hall–Kier alpha value is -1.69. The van der Waals surface area contributed by atoms with Crippen molar-refractivity contribution in [2.24, 2.45) is 0 Å². The van der Waals surface area contributed by atoms with Crippen LogP contribution in [0.4, 0.5) is 13.6 Å².